The largest absolute Gasteiger partial charge is 0.354 e. The van der Waals surface area contributed by atoms with Crippen LogP contribution < -0.4 is 16.0 Å². The Kier molecular flexibility index (Phi) is 5.20. The van der Waals surface area contributed by atoms with Crippen LogP contribution in [0.25, 0.3) is 0 Å². The highest BCUT2D eigenvalue weighted by molar-refractivity contribution is 5.97. The molecule has 1 unspecified atom stereocenters. The predicted molar refractivity (Wildman–Crippen MR) is 82.3 cm³/mol. The highest BCUT2D eigenvalue weighted by Crippen LogP contribution is 2.17. The van der Waals surface area contributed by atoms with Crippen LogP contribution in [0.5, 0.6) is 0 Å². The average Bonchev–Trinajstić information content (AvgIpc) is 2.83. The number of carbonyl (C=O) groups is 2. The zero-order valence-corrected chi connectivity index (χ0v) is 12.6. The fraction of sp³-hybridized carbons (Fsp3) is 0.467. The number of rotatable bonds is 2. The fourth-order valence-electron chi connectivity index (χ4n) is 2.75. The zero-order chi connectivity index (χ0) is 13.9. The summed E-state index contributed by atoms with van der Waals surface area (Å²) in [5, 5.41) is 8.93. The smallest absolute Gasteiger partial charge is 0.251 e. The third-order valence-corrected chi connectivity index (χ3v) is 3.94. The molecular weight excluding hydrogens is 290 g/mol. The van der Waals surface area contributed by atoms with Crippen LogP contribution in [0.3, 0.4) is 0 Å². The Hall–Kier alpha value is -1.59. The number of hydrogen-bond acceptors (Lipinski definition) is 3. The van der Waals surface area contributed by atoms with Crippen LogP contribution in [0.1, 0.15) is 40.7 Å². The highest BCUT2D eigenvalue weighted by Gasteiger charge is 2.23. The lowest BCUT2D eigenvalue weighted by Crippen LogP contribution is -2.45. The van der Waals surface area contributed by atoms with Crippen molar-refractivity contribution in [2.45, 2.75) is 38.4 Å². The van der Waals surface area contributed by atoms with Crippen molar-refractivity contribution in [2.75, 3.05) is 6.54 Å². The molecule has 0 aromatic heterocycles. The summed E-state index contributed by atoms with van der Waals surface area (Å²) in [5.74, 6) is -0.236. The molecule has 2 heterocycles. The number of halogens is 1. The van der Waals surface area contributed by atoms with Crippen molar-refractivity contribution >= 4 is 24.2 Å². The third-order valence-electron chi connectivity index (χ3n) is 3.94. The number of fused-ring (bicyclic) bond motifs is 1. The predicted octanol–water partition coefficient (Wildman–Crippen LogP) is 1.11. The maximum absolute atomic E-state index is 12.3. The van der Waals surface area contributed by atoms with Crippen LogP contribution in [0.2, 0.25) is 0 Å². The quantitative estimate of drug-likeness (QED) is 0.766. The highest BCUT2D eigenvalue weighted by atomic mass is 35.5. The first kappa shape index (κ1) is 15.8. The van der Waals surface area contributed by atoms with E-state index in [0.717, 1.165) is 25.9 Å². The van der Waals surface area contributed by atoms with E-state index < -0.39 is 6.04 Å². The van der Waals surface area contributed by atoms with Gasteiger partial charge in [0.15, 0.2) is 0 Å². The van der Waals surface area contributed by atoms with Gasteiger partial charge in [0, 0.05) is 25.2 Å². The van der Waals surface area contributed by atoms with Gasteiger partial charge in [-0.3, -0.25) is 9.59 Å². The zero-order valence-electron chi connectivity index (χ0n) is 11.8. The molecule has 0 spiro atoms. The standard InChI is InChI=1S/C15H19N3O2.ClH/c19-14(18-13-3-1-2-6-17-15(13)20)10-4-5-11-8-16-9-12(11)7-10;/h4-5,7,13,16H,1-3,6,8-9H2,(H,17,20)(H,18,19);1H. The molecule has 0 aliphatic carbocycles. The van der Waals surface area contributed by atoms with Crippen LogP contribution in [0, 0.1) is 0 Å². The van der Waals surface area contributed by atoms with Crippen molar-refractivity contribution in [3.63, 3.8) is 0 Å². The Morgan fingerprint density at radius 1 is 1.19 bits per heavy atom. The van der Waals surface area contributed by atoms with Gasteiger partial charge in [-0.15, -0.1) is 12.4 Å². The molecule has 0 radical (unpaired) electrons. The van der Waals surface area contributed by atoms with Gasteiger partial charge in [-0.25, -0.2) is 0 Å². The minimum absolute atomic E-state index is 0. The summed E-state index contributed by atoms with van der Waals surface area (Å²) in [4.78, 5) is 24.1. The van der Waals surface area contributed by atoms with Crippen molar-refractivity contribution in [2.24, 2.45) is 0 Å². The molecule has 1 saturated heterocycles. The first-order valence-electron chi connectivity index (χ1n) is 7.15. The molecule has 3 rings (SSSR count). The normalized spacial score (nSPS) is 20.8. The Labute approximate surface area is 130 Å². The third kappa shape index (κ3) is 3.54. The van der Waals surface area contributed by atoms with E-state index >= 15 is 0 Å². The molecule has 3 N–H and O–H groups in total. The topological polar surface area (TPSA) is 70.2 Å². The Morgan fingerprint density at radius 2 is 2.00 bits per heavy atom. The average molecular weight is 310 g/mol. The van der Waals surface area contributed by atoms with E-state index in [1.54, 1.807) is 0 Å². The molecule has 114 valence electrons. The monoisotopic (exact) mass is 309 g/mol. The lowest BCUT2D eigenvalue weighted by molar-refractivity contribution is -0.122. The first-order valence-corrected chi connectivity index (χ1v) is 7.15. The van der Waals surface area contributed by atoms with Crippen LogP contribution in [0.15, 0.2) is 18.2 Å². The second-order valence-electron chi connectivity index (χ2n) is 5.40. The van der Waals surface area contributed by atoms with Gasteiger partial charge in [0.05, 0.1) is 0 Å². The first-order chi connectivity index (χ1) is 9.74. The second-order valence-corrected chi connectivity index (χ2v) is 5.40. The van der Waals surface area contributed by atoms with Gasteiger partial charge in [-0.2, -0.15) is 0 Å². The molecule has 1 fully saturated rings. The molecule has 2 aliphatic heterocycles. The van der Waals surface area contributed by atoms with Gasteiger partial charge in [0.2, 0.25) is 5.91 Å². The van der Waals surface area contributed by atoms with Gasteiger partial charge >= 0.3 is 0 Å². The molecular formula is C15H20ClN3O2. The number of hydrogen-bond donors (Lipinski definition) is 3. The van der Waals surface area contributed by atoms with Gasteiger partial charge in [-0.1, -0.05) is 6.07 Å². The molecule has 5 nitrogen and oxygen atoms in total. The summed E-state index contributed by atoms with van der Waals surface area (Å²) in [6.07, 6.45) is 2.64. The van der Waals surface area contributed by atoms with E-state index in [9.17, 15) is 9.59 Å². The van der Waals surface area contributed by atoms with E-state index in [2.05, 4.69) is 16.0 Å². The maximum atomic E-state index is 12.3. The van der Waals surface area contributed by atoms with Gasteiger partial charge in [-0.05, 0) is 42.5 Å². The molecule has 2 amide bonds. The number of carbonyl (C=O) groups excluding carboxylic acids is 2. The summed E-state index contributed by atoms with van der Waals surface area (Å²) in [6.45, 7) is 2.37. The lowest BCUT2D eigenvalue weighted by atomic mass is 10.0. The second kappa shape index (κ2) is 6.91. The maximum Gasteiger partial charge on any atom is 0.251 e. The van der Waals surface area contributed by atoms with Crippen LogP contribution in [-0.2, 0) is 17.9 Å². The van der Waals surface area contributed by atoms with Crippen molar-refractivity contribution in [1.29, 1.82) is 0 Å². The van der Waals surface area contributed by atoms with Crippen LogP contribution in [-0.4, -0.2) is 24.4 Å². The Bertz CT molecular complexity index is 548. The van der Waals surface area contributed by atoms with Gasteiger partial charge in [0.1, 0.15) is 6.04 Å². The molecule has 1 aromatic carbocycles. The van der Waals surface area contributed by atoms with Crippen molar-refractivity contribution < 1.29 is 9.59 Å². The summed E-state index contributed by atoms with van der Waals surface area (Å²) in [7, 11) is 0. The molecule has 21 heavy (non-hydrogen) atoms. The van der Waals surface area contributed by atoms with Crippen molar-refractivity contribution in [1.82, 2.24) is 16.0 Å². The molecule has 1 aromatic rings. The molecule has 6 heteroatoms. The van der Waals surface area contributed by atoms with E-state index in [1.807, 2.05) is 18.2 Å². The fourth-order valence-corrected chi connectivity index (χ4v) is 2.75. The summed E-state index contributed by atoms with van der Waals surface area (Å²) < 4.78 is 0. The van der Waals surface area contributed by atoms with Gasteiger partial charge in [0.25, 0.3) is 5.91 Å². The van der Waals surface area contributed by atoms with E-state index in [0.29, 0.717) is 18.5 Å². The van der Waals surface area contributed by atoms with Crippen LogP contribution >= 0.6 is 12.4 Å². The van der Waals surface area contributed by atoms with E-state index in [4.69, 9.17) is 0 Å². The van der Waals surface area contributed by atoms with E-state index in [1.165, 1.54) is 11.1 Å². The summed E-state index contributed by atoms with van der Waals surface area (Å²) >= 11 is 0. The summed E-state index contributed by atoms with van der Waals surface area (Å²) in [5.41, 5.74) is 3.04. The molecule has 0 bridgehead atoms. The SMILES string of the molecule is Cl.O=C(NC1CCCCNC1=O)c1ccc2c(c1)CNC2. The Balaban J connectivity index is 0.00000161. The van der Waals surface area contributed by atoms with Crippen LogP contribution in [0.4, 0.5) is 0 Å². The minimum atomic E-state index is -0.406. The molecule has 1 atom stereocenters. The summed E-state index contributed by atoms with van der Waals surface area (Å²) in [6, 6.07) is 5.32. The number of amides is 2. The number of nitrogens with one attached hydrogen (secondary N) is 3. The van der Waals surface area contributed by atoms with Gasteiger partial charge < -0.3 is 16.0 Å². The molecule has 2 aliphatic rings. The molecule has 0 saturated carbocycles. The van der Waals surface area contributed by atoms with E-state index in [-0.39, 0.29) is 24.2 Å². The Morgan fingerprint density at radius 3 is 2.86 bits per heavy atom. The van der Waals surface area contributed by atoms with Crippen molar-refractivity contribution in [3.05, 3.63) is 34.9 Å². The number of benzene rings is 1. The minimum Gasteiger partial charge on any atom is -0.354 e. The van der Waals surface area contributed by atoms with Crippen molar-refractivity contribution in [3.8, 4) is 0 Å². The lowest BCUT2D eigenvalue weighted by Gasteiger charge is -2.15.